The Balaban J connectivity index is 0.969. The second kappa shape index (κ2) is 42.4. The molecule has 10 heterocycles. The van der Waals surface area contributed by atoms with E-state index in [-0.39, 0.29) is 0 Å². The molecule has 0 aliphatic carbocycles. The highest BCUT2D eigenvalue weighted by molar-refractivity contribution is 5.74. The molecule has 31 N–H and O–H groups in total. The van der Waals surface area contributed by atoms with Gasteiger partial charge in [-0.1, -0.05) is 0 Å². The van der Waals surface area contributed by atoms with Gasteiger partial charge >= 0.3 is 0 Å². The van der Waals surface area contributed by atoms with E-state index in [1.54, 1.807) is 0 Å². The second-order valence-corrected chi connectivity index (χ2v) is 30.3. The van der Waals surface area contributed by atoms with Crippen LogP contribution < -0.4 is 16.0 Å². The van der Waals surface area contributed by atoms with Gasteiger partial charge in [0, 0.05) is 20.8 Å². The quantitative estimate of drug-likeness (QED) is 0.0318. The summed E-state index contributed by atoms with van der Waals surface area (Å²) < 4.78 is 112. The molecule has 0 saturated carbocycles. The van der Waals surface area contributed by atoms with Crippen molar-refractivity contribution in [3.05, 3.63) is 0 Å². The topological polar surface area (TPSA) is 829 Å². The molecule has 0 radical (unpaired) electrons. The Labute approximate surface area is 673 Å². The van der Waals surface area contributed by atoms with Gasteiger partial charge in [-0.2, -0.15) is 0 Å². The van der Waals surface area contributed by atoms with E-state index < -0.39 is 384 Å². The maximum Gasteiger partial charge on any atom is 0.217 e. The van der Waals surface area contributed by atoms with Crippen LogP contribution in [0.4, 0.5) is 0 Å². The maximum absolute atomic E-state index is 13.2. The molecule has 10 fully saturated rings. The summed E-state index contributed by atoms with van der Waals surface area (Å²) in [6.07, 6.45) is -97.8. The fraction of sp³-hybridized carbons (Fsp3) is 0.955. The summed E-state index contributed by atoms with van der Waals surface area (Å²) in [4.78, 5) is 38.6. The van der Waals surface area contributed by atoms with Gasteiger partial charge in [-0.25, -0.2) is 0 Å². The first-order chi connectivity index (χ1) is 56.3. The number of hydrogen-bond donors (Lipinski definition) is 31. The van der Waals surface area contributed by atoms with Gasteiger partial charge in [-0.15, -0.1) is 0 Å². The predicted molar refractivity (Wildman–Crippen MR) is 363 cm³/mol. The van der Waals surface area contributed by atoms with Gasteiger partial charge in [-0.05, 0) is 6.92 Å². The average Bonchev–Trinajstić information content (AvgIpc) is 0.770. The van der Waals surface area contributed by atoms with E-state index in [9.17, 15) is 157 Å². The molecule has 0 aromatic carbocycles. The summed E-state index contributed by atoms with van der Waals surface area (Å²) in [6, 6.07) is -5.74. The average molecular weight is 1750 g/mol. The highest BCUT2D eigenvalue weighted by Gasteiger charge is 2.62. The van der Waals surface area contributed by atoms with Gasteiger partial charge < -0.3 is 249 Å². The zero-order chi connectivity index (χ0) is 87.5. The van der Waals surface area contributed by atoms with Gasteiger partial charge in [0.15, 0.2) is 62.9 Å². The number of carbonyl (C=O) groups is 3. The minimum Gasteiger partial charge on any atom is -0.394 e. The molecule has 10 aliphatic heterocycles. The number of nitrogens with one attached hydrogen (secondary N) is 3. The number of aliphatic hydroxyl groups excluding tert-OH is 28. The number of amides is 3. The molecule has 0 aromatic heterocycles. The van der Waals surface area contributed by atoms with Gasteiger partial charge in [-0.3, -0.25) is 14.4 Å². The Hall–Kier alpha value is -3.47. The summed E-state index contributed by atoms with van der Waals surface area (Å²) in [5, 5.41) is 318. The maximum atomic E-state index is 13.2. The fourth-order valence-corrected chi connectivity index (χ4v) is 15.4. The van der Waals surface area contributed by atoms with Crippen LogP contribution in [-0.4, -0.2) is 527 Å². The highest BCUT2D eigenvalue weighted by atomic mass is 16.8. The van der Waals surface area contributed by atoms with E-state index in [1.807, 2.05) is 0 Å². The van der Waals surface area contributed by atoms with Crippen LogP contribution in [0.2, 0.25) is 0 Å². The molecule has 119 heavy (non-hydrogen) atoms. The van der Waals surface area contributed by atoms with Gasteiger partial charge in [0.1, 0.15) is 238 Å². The van der Waals surface area contributed by atoms with Crippen LogP contribution in [0.25, 0.3) is 0 Å². The lowest BCUT2D eigenvalue weighted by molar-refractivity contribution is -0.400. The van der Waals surface area contributed by atoms with Crippen molar-refractivity contribution >= 4 is 17.7 Å². The monoisotopic (exact) mass is 1750 g/mol. The molecule has 0 aromatic rings. The lowest BCUT2D eigenvalue weighted by Crippen LogP contribution is -2.71. The van der Waals surface area contributed by atoms with E-state index in [4.69, 9.17) is 90.0 Å². The van der Waals surface area contributed by atoms with Crippen LogP contribution in [0.5, 0.6) is 0 Å². The molecule has 0 bridgehead atoms. The normalized spacial score (nSPS) is 50.7. The Morgan fingerprint density at radius 3 is 0.924 bits per heavy atom. The third-order valence-corrected chi connectivity index (χ3v) is 22.0. The van der Waals surface area contributed by atoms with E-state index in [0.29, 0.717) is 0 Å². The lowest BCUT2D eigenvalue weighted by Gasteiger charge is -2.51. The number of rotatable bonds is 30. The molecule has 10 rings (SSSR count). The molecule has 50 atom stereocenters. The molecule has 10 aliphatic rings. The number of hydrogen-bond acceptors (Lipinski definition) is 50. The van der Waals surface area contributed by atoms with Crippen molar-refractivity contribution in [1.82, 2.24) is 16.0 Å². The Kier molecular flexibility index (Phi) is 34.8. The largest absolute Gasteiger partial charge is 0.394 e. The first-order valence-corrected chi connectivity index (χ1v) is 38.0. The van der Waals surface area contributed by atoms with Gasteiger partial charge in [0.2, 0.25) is 17.7 Å². The molecular formula is C66H111N3O50. The molecule has 53 heteroatoms. The summed E-state index contributed by atoms with van der Waals surface area (Å²) in [5.74, 6) is -2.80. The minimum absolute atomic E-state index is 0.842. The van der Waals surface area contributed by atoms with Gasteiger partial charge in [0.25, 0.3) is 0 Å². The minimum atomic E-state index is -2.61. The van der Waals surface area contributed by atoms with E-state index in [1.165, 1.54) is 6.92 Å². The molecule has 0 spiro atoms. The first kappa shape index (κ1) is 97.7. The second-order valence-electron chi connectivity index (χ2n) is 30.3. The van der Waals surface area contributed by atoms with E-state index in [0.717, 1.165) is 20.8 Å². The summed E-state index contributed by atoms with van der Waals surface area (Å²) >= 11 is 0. The smallest absolute Gasteiger partial charge is 0.217 e. The third-order valence-electron chi connectivity index (χ3n) is 22.0. The first-order valence-electron chi connectivity index (χ1n) is 38.0. The van der Waals surface area contributed by atoms with E-state index >= 15 is 0 Å². The standard InChI is InChI=1S/C66H111N3O50/c1-14-30(80)40(90)45(95)60(103-14)102-13-26-52(37(87)27(57(100)104-26)67-15(2)77)113-58-28(68-16(3)78)38(88)51(24(11-76)110-58)115-64-49(99)54(117-65-55(43(93)33(83)20(7-72)108-65)118-59-29(69-17(4)79)39(89)50(23(10-75)111-59)114-62-46(96)41(91)31(81)18(5-70)106-62)36(86)25(112-64)12-101-61-48(98)53(35(85)22(9-74)105-61)116-66-56(44(94)34(84)21(8-73)109-66)119-63-47(97)42(92)32(82)19(6-71)107-63/h14,18-66,70-76,80-100H,5-13H2,1-4H3,(H,67,77)(H,68,78)(H,69,79)/t14-,18+,19+,20+,21+,22+,23+,24+,25+,26+,27+,28+,29+,30+,31-,32+,33+,34+,35+,36+,37+,38+,39+,40+,41-,42-,43-,44-,45-,46+,47-,48-,49-,50+,51+,52+,53-,54-,55-,56-,57+,58-,59-,60+,61-,62-,63+,64-,65+,66+/m0/s1. The van der Waals surface area contributed by atoms with Crippen LogP contribution >= 0.6 is 0 Å². The van der Waals surface area contributed by atoms with Crippen molar-refractivity contribution in [1.29, 1.82) is 0 Å². The molecule has 690 valence electrons. The Bertz CT molecular complexity index is 3160. The molecule has 10 saturated heterocycles. The molecule has 53 nitrogen and oxygen atoms in total. The van der Waals surface area contributed by atoms with Crippen LogP contribution in [-0.2, 0) is 104 Å². The van der Waals surface area contributed by atoms with Crippen molar-refractivity contribution < 1.29 is 247 Å². The van der Waals surface area contributed by atoms with E-state index in [2.05, 4.69) is 16.0 Å². The number of aliphatic hydroxyl groups is 28. The summed E-state index contributed by atoms with van der Waals surface area (Å²) in [5.41, 5.74) is 0. The Morgan fingerprint density at radius 2 is 0.504 bits per heavy atom. The van der Waals surface area contributed by atoms with Crippen molar-refractivity contribution in [2.24, 2.45) is 0 Å². The zero-order valence-corrected chi connectivity index (χ0v) is 63.7. The predicted octanol–water partition coefficient (Wildman–Crippen LogP) is -21.3. The lowest BCUT2D eigenvalue weighted by atomic mass is 9.93. The fourth-order valence-electron chi connectivity index (χ4n) is 15.4. The van der Waals surface area contributed by atoms with Crippen molar-refractivity contribution in [3.63, 3.8) is 0 Å². The van der Waals surface area contributed by atoms with Crippen LogP contribution in [0.3, 0.4) is 0 Å². The van der Waals surface area contributed by atoms with Crippen molar-refractivity contribution in [2.75, 3.05) is 59.5 Å². The van der Waals surface area contributed by atoms with Crippen LogP contribution in [0, 0.1) is 0 Å². The number of carbonyl (C=O) groups excluding carboxylic acids is 3. The zero-order valence-electron chi connectivity index (χ0n) is 63.7. The van der Waals surface area contributed by atoms with Crippen LogP contribution in [0.1, 0.15) is 27.7 Å². The van der Waals surface area contributed by atoms with Crippen molar-refractivity contribution in [2.45, 2.75) is 335 Å². The molecule has 0 unspecified atom stereocenters. The Morgan fingerprint density at radius 1 is 0.235 bits per heavy atom. The highest BCUT2D eigenvalue weighted by Crippen LogP contribution is 2.41. The summed E-state index contributed by atoms with van der Waals surface area (Å²) in [6.45, 7) is -5.75. The van der Waals surface area contributed by atoms with Crippen molar-refractivity contribution in [3.8, 4) is 0 Å². The number of ether oxygens (including phenoxy) is 19. The van der Waals surface area contributed by atoms with Crippen LogP contribution in [0.15, 0.2) is 0 Å². The third kappa shape index (κ3) is 21.4. The SMILES string of the molecule is CC(=O)N[C@@H]1[C@@H](O)[C@H](O[C@@H]2O[C@H](CO)[C@@H](O[C@@H]3O[C@H](CO[C@H]4O[C@H](CO)[C@@H](O)[C@H](O[C@H]5O[C@H](CO)[C@@H](O)[C@H](O)[C@@H]5O[C@H]5O[C@H](CO)[C@@H](O)[C@H](O)[C@@H]5O)[C@@H]4O)[C@@H](O)[C@H](O[C@H]4O[C@H](CO)[C@@H](O)[C@H](O)[C@@H]4O[C@@H]4O[C@H](CO)[C@@H](O[C@@H]5O[C@H](CO)[C@H](O)[C@H](O)[C@H]5O)[C@H](O)[C@H]4NC(C)=O)[C@@H]3O)[C@H](O)[C@H]2NC(C)=O)[C@@H](CO[C@@H]2O[C@@H](C)[C@@H](O)[C@@H](O)[C@@H]2O)O[C@H]1O. The molecular weight excluding hydrogens is 1630 g/mol. The molecule has 3 amide bonds. The summed E-state index contributed by atoms with van der Waals surface area (Å²) in [7, 11) is 0. The van der Waals surface area contributed by atoms with Gasteiger partial charge in [0.05, 0.1) is 65.6 Å².